The van der Waals surface area contributed by atoms with Crippen LogP contribution in [0, 0.1) is 15.9 Å². The van der Waals surface area contributed by atoms with Gasteiger partial charge in [0.2, 0.25) is 11.8 Å². The van der Waals surface area contributed by atoms with E-state index < -0.39 is 40.7 Å². The van der Waals surface area contributed by atoms with Gasteiger partial charge in [-0.2, -0.15) is 0 Å². The second-order valence-electron chi connectivity index (χ2n) is 7.76. The maximum absolute atomic E-state index is 13.3. The highest BCUT2D eigenvalue weighted by molar-refractivity contribution is 6.32. The van der Waals surface area contributed by atoms with Gasteiger partial charge in [-0.15, -0.1) is 0 Å². The molecular formula is C25H22ClFN4O6. The summed E-state index contributed by atoms with van der Waals surface area (Å²) in [5, 5.41) is 16.1. The van der Waals surface area contributed by atoms with Gasteiger partial charge in [-0.05, 0) is 54.1 Å². The molecule has 0 fully saturated rings. The number of methoxy groups -OCH3 is 1. The largest absolute Gasteiger partial charge is 0.497 e. The highest BCUT2D eigenvalue weighted by atomic mass is 35.5. The highest BCUT2D eigenvalue weighted by Gasteiger charge is 2.23. The van der Waals surface area contributed by atoms with Crippen LogP contribution in [0.5, 0.6) is 5.75 Å². The second-order valence-corrected chi connectivity index (χ2v) is 8.17. The van der Waals surface area contributed by atoms with Crippen molar-refractivity contribution in [2.45, 2.75) is 6.54 Å². The molecule has 192 valence electrons. The van der Waals surface area contributed by atoms with Crippen LogP contribution < -0.4 is 15.4 Å². The van der Waals surface area contributed by atoms with Crippen molar-refractivity contribution in [3.63, 3.8) is 0 Å². The number of rotatable bonds is 10. The predicted molar refractivity (Wildman–Crippen MR) is 134 cm³/mol. The number of ether oxygens (including phenoxy) is 1. The van der Waals surface area contributed by atoms with Crippen molar-refractivity contribution in [3.05, 3.63) is 98.8 Å². The van der Waals surface area contributed by atoms with E-state index >= 15 is 0 Å². The molecule has 0 bridgehead atoms. The number of halogens is 2. The van der Waals surface area contributed by atoms with Crippen molar-refractivity contribution in [3.8, 4) is 5.75 Å². The highest BCUT2D eigenvalue weighted by Crippen LogP contribution is 2.26. The lowest BCUT2D eigenvalue weighted by Gasteiger charge is -2.22. The molecule has 0 radical (unpaired) electrons. The minimum absolute atomic E-state index is 0.0664. The fourth-order valence-electron chi connectivity index (χ4n) is 3.27. The summed E-state index contributed by atoms with van der Waals surface area (Å²) in [7, 11) is 1.52. The molecule has 0 heterocycles. The van der Waals surface area contributed by atoms with Crippen LogP contribution in [0.2, 0.25) is 5.02 Å². The molecule has 0 saturated carbocycles. The molecule has 0 spiro atoms. The SMILES string of the molecule is COc1ccc(NC(=O)CNC(=O)CN(Cc2ccc(F)cc2)C(=O)c2ccc(Cl)c([N+](=O)[O-])c2)cc1. The van der Waals surface area contributed by atoms with E-state index in [4.69, 9.17) is 16.3 Å². The zero-order chi connectivity index (χ0) is 26.9. The van der Waals surface area contributed by atoms with E-state index in [2.05, 4.69) is 10.6 Å². The van der Waals surface area contributed by atoms with Crippen LogP contribution >= 0.6 is 11.6 Å². The van der Waals surface area contributed by atoms with Crippen LogP contribution in [0.4, 0.5) is 15.8 Å². The van der Waals surface area contributed by atoms with Gasteiger partial charge in [0.1, 0.15) is 23.1 Å². The van der Waals surface area contributed by atoms with Crippen molar-refractivity contribution in [2.24, 2.45) is 0 Å². The molecule has 0 aliphatic carbocycles. The first-order chi connectivity index (χ1) is 17.7. The molecule has 0 aliphatic heterocycles. The molecule has 0 aliphatic rings. The third kappa shape index (κ3) is 7.74. The monoisotopic (exact) mass is 528 g/mol. The summed E-state index contributed by atoms with van der Waals surface area (Å²) >= 11 is 5.84. The molecule has 0 aromatic heterocycles. The predicted octanol–water partition coefficient (Wildman–Crippen LogP) is 3.79. The van der Waals surface area contributed by atoms with Crippen molar-refractivity contribution in [2.75, 3.05) is 25.5 Å². The minimum Gasteiger partial charge on any atom is -0.497 e. The van der Waals surface area contributed by atoms with Crippen molar-refractivity contribution in [1.82, 2.24) is 10.2 Å². The fourth-order valence-corrected chi connectivity index (χ4v) is 3.45. The maximum Gasteiger partial charge on any atom is 0.288 e. The van der Waals surface area contributed by atoms with Crippen LogP contribution in [0.15, 0.2) is 66.7 Å². The number of carbonyl (C=O) groups excluding carboxylic acids is 3. The number of hydrogen-bond acceptors (Lipinski definition) is 6. The Morgan fingerprint density at radius 3 is 2.32 bits per heavy atom. The average Bonchev–Trinajstić information content (AvgIpc) is 2.88. The Bertz CT molecular complexity index is 1300. The van der Waals surface area contributed by atoms with E-state index in [-0.39, 0.29) is 23.7 Å². The van der Waals surface area contributed by atoms with E-state index in [1.165, 1.54) is 43.5 Å². The molecule has 10 nitrogen and oxygen atoms in total. The summed E-state index contributed by atoms with van der Waals surface area (Å²) < 4.78 is 18.4. The van der Waals surface area contributed by atoms with Gasteiger partial charge >= 0.3 is 0 Å². The summed E-state index contributed by atoms with van der Waals surface area (Å²) in [6, 6.07) is 15.4. The number of nitrogens with zero attached hydrogens (tertiary/aromatic N) is 2. The number of carbonyl (C=O) groups is 3. The van der Waals surface area contributed by atoms with E-state index in [1.54, 1.807) is 24.3 Å². The quantitative estimate of drug-likeness (QED) is 0.304. The minimum atomic E-state index is -0.725. The zero-order valence-electron chi connectivity index (χ0n) is 19.6. The molecule has 12 heteroatoms. The Labute approximate surface area is 216 Å². The number of nitrogens with one attached hydrogen (secondary N) is 2. The first-order valence-electron chi connectivity index (χ1n) is 10.8. The van der Waals surface area contributed by atoms with Gasteiger partial charge in [0, 0.05) is 23.9 Å². The van der Waals surface area contributed by atoms with Crippen LogP contribution in [-0.2, 0) is 16.1 Å². The first-order valence-corrected chi connectivity index (χ1v) is 11.2. The third-order valence-electron chi connectivity index (χ3n) is 5.12. The van der Waals surface area contributed by atoms with Gasteiger partial charge in [-0.3, -0.25) is 24.5 Å². The van der Waals surface area contributed by atoms with Crippen molar-refractivity contribution < 1.29 is 28.4 Å². The summed E-state index contributed by atoms with van der Waals surface area (Å²) in [6.07, 6.45) is 0. The van der Waals surface area contributed by atoms with Gasteiger partial charge in [0.15, 0.2) is 0 Å². The molecular weight excluding hydrogens is 507 g/mol. The van der Waals surface area contributed by atoms with E-state index in [9.17, 15) is 28.9 Å². The second kappa shape index (κ2) is 12.5. The van der Waals surface area contributed by atoms with Gasteiger partial charge in [-0.25, -0.2) is 4.39 Å². The van der Waals surface area contributed by atoms with Gasteiger partial charge in [0.05, 0.1) is 18.6 Å². The lowest BCUT2D eigenvalue weighted by molar-refractivity contribution is -0.384. The van der Waals surface area contributed by atoms with Crippen LogP contribution in [0.1, 0.15) is 15.9 Å². The van der Waals surface area contributed by atoms with Gasteiger partial charge < -0.3 is 20.3 Å². The van der Waals surface area contributed by atoms with E-state index in [1.807, 2.05) is 0 Å². The molecule has 0 saturated heterocycles. The molecule has 37 heavy (non-hydrogen) atoms. The van der Waals surface area contributed by atoms with Crippen LogP contribution in [0.25, 0.3) is 0 Å². The Morgan fingerprint density at radius 1 is 1.03 bits per heavy atom. The molecule has 3 amide bonds. The average molecular weight is 529 g/mol. The third-order valence-corrected chi connectivity index (χ3v) is 5.44. The van der Waals surface area contributed by atoms with Crippen LogP contribution in [-0.4, -0.2) is 47.7 Å². The lowest BCUT2D eigenvalue weighted by atomic mass is 10.1. The maximum atomic E-state index is 13.3. The Balaban J connectivity index is 1.70. The fraction of sp³-hybridized carbons (Fsp3) is 0.160. The Morgan fingerprint density at radius 2 is 1.70 bits per heavy atom. The van der Waals surface area contributed by atoms with Gasteiger partial charge in [-0.1, -0.05) is 23.7 Å². The molecule has 3 aromatic carbocycles. The van der Waals surface area contributed by atoms with Gasteiger partial charge in [0.25, 0.3) is 11.6 Å². The molecule has 3 aromatic rings. The Hall–Kier alpha value is -4.51. The normalized spacial score (nSPS) is 10.4. The first kappa shape index (κ1) is 27.1. The topological polar surface area (TPSA) is 131 Å². The standard InChI is InChI=1S/C25H22ClFN4O6/c1-37-20-9-7-19(8-10-20)29-23(32)13-28-24(33)15-30(14-16-2-5-18(27)6-3-16)25(34)17-4-11-21(26)22(12-17)31(35)36/h2-12H,13-15H2,1H3,(H,28,33)(H,29,32). The van der Waals surface area contributed by atoms with E-state index in [0.29, 0.717) is 17.0 Å². The molecule has 2 N–H and O–H groups in total. The number of hydrogen-bond donors (Lipinski definition) is 2. The summed E-state index contributed by atoms with van der Waals surface area (Å²) in [6.45, 7) is -0.931. The number of anilines is 1. The molecule has 3 rings (SSSR count). The summed E-state index contributed by atoms with van der Waals surface area (Å²) in [5.41, 5.74) is 0.484. The molecule has 0 unspecified atom stereocenters. The number of nitro groups is 1. The smallest absolute Gasteiger partial charge is 0.288 e. The zero-order valence-corrected chi connectivity index (χ0v) is 20.3. The summed E-state index contributed by atoms with van der Waals surface area (Å²) in [4.78, 5) is 49.6. The van der Waals surface area contributed by atoms with Crippen molar-refractivity contribution >= 4 is 40.7 Å². The number of benzene rings is 3. The lowest BCUT2D eigenvalue weighted by Crippen LogP contribution is -2.42. The number of nitro benzene ring substituents is 1. The van der Waals surface area contributed by atoms with Crippen LogP contribution in [0.3, 0.4) is 0 Å². The molecule has 0 atom stereocenters. The van der Waals surface area contributed by atoms with Crippen molar-refractivity contribution in [1.29, 1.82) is 0 Å². The number of amides is 3. The van der Waals surface area contributed by atoms with E-state index in [0.717, 1.165) is 11.0 Å². The Kier molecular flexibility index (Phi) is 9.11. The summed E-state index contributed by atoms with van der Waals surface area (Å²) in [5.74, 6) is -1.70.